The summed E-state index contributed by atoms with van der Waals surface area (Å²) in [7, 11) is 1.67. The minimum Gasteiger partial charge on any atom is -0.354 e. The summed E-state index contributed by atoms with van der Waals surface area (Å²) in [5.41, 5.74) is 1.41. The fourth-order valence-corrected chi connectivity index (χ4v) is 1.59. The number of aliphatic imine (C=N–C) groups is 1. The van der Waals surface area contributed by atoms with Gasteiger partial charge in [0.15, 0.2) is 5.96 Å². The molecule has 1 rings (SSSR count). The summed E-state index contributed by atoms with van der Waals surface area (Å²) in [6.45, 7) is 4.27. The fraction of sp³-hybridized carbons (Fsp3) is 0.375. The van der Waals surface area contributed by atoms with Gasteiger partial charge in [-0.25, -0.2) is 0 Å². The van der Waals surface area contributed by atoms with Crippen molar-refractivity contribution < 1.29 is 4.79 Å². The van der Waals surface area contributed by atoms with Gasteiger partial charge in [0.25, 0.3) is 0 Å². The van der Waals surface area contributed by atoms with Crippen molar-refractivity contribution in [1.29, 1.82) is 0 Å². The zero-order valence-corrected chi connectivity index (χ0v) is 12.7. The molecule has 1 unspecified atom stereocenters. The minimum atomic E-state index is -0.156. The van der Waals surface area contributed by atoms with Crippen molar-refractivity contribution in [3.63, 3.8) is 0 Å². The summed E-state index contributed by atoms with van der Waals surface area (Å²) < 4.78 is 0. The Balaban J connectivity index is 2.48. The molecule has 0 fully saturated rings. The summed E-state index contributed by atoms with van der Waals surface area (Å²) >= 11 is 0. The Hall–Kier alpha value is -2.48. The first kappa shape index (κ1) is 16.6. The van der Waals surface area contributed by atoms with E-state index in [1.807, 2.05) is 12.1 Å². The standard InChI is InChI=1S/C16H22N4O/c1-5-12(3)19-16(17-4)18-11-15(21)20-14-9-7-8-13(6-2)10-14/h2,7-10,12H,5,11H2,1,3-4H3,(H,20,21)(H2,17,18,19). The smallest absolute Gasteiger partial charge is 0.243 e. The van der Waals surface area contributed by atoms with Crippen LogP contribution in [0.4, 0.5) is 5.69 Å². The Labute approximate surface area is 126 Å². The van der Waals surface area contributed by atoms with Gasteiger partial charge in [-0.15, -0.1) is 6.42 Å². The number of guanidine groups is 1. The lowest BCUT2D eigenvalue weighted by Crippen LogP contribution is -2.44. The Morgan fingerprint density at radius 3 is 2.86 bits per heavy atom. The van der Waals surface area contributed by atoms with E-state index in [0.29, 0.717) is 17.7 Å². The Morgan fingerprint density at radius 1 is 1.48 bits per heavy atom. The van der Waals surface area contributed by atoms with Crippen LogP contribution in [0.2, 0.25) is 0 Å². The zero-order valence-electron chi connectivity index (χ0n) is 12.7. The lowest BCUT2D eigenvalue weighted by atomic mass is 10.2. The Bertz CT molecular complexity index is 545. The molecule has 0 aliphatic carbocycles. The largest absolute Gasteiger partial charge is 0.354 e. The number of rotatable bonds is 5. The summed E-state index contributed by atoms with van der Waals surface area (Å²) in [4.78, 5) is 15.9. The number of hydrogen-bond donors (Lipinski definition) is 3. The molecule has 0 saturated heterocycles. The number of hydrogen-bond acceptors (Lipinski definition) is 2. The van der Waals surface area contributed by atoms with Gasteiger partial charge < -0.3 is 16.0 Å². The number of terminal acetylenes is 1. The maximum atomic E-state index is 11.9. The third kappa shape index (κ3) is 6.00. The van der Waals surface area contributed by atoms with Crippen LogP contribution in [0.25, 0.3) is 0 Å². The molecule has 0 aliphatic heterocycles. The molecular formula is C16H22N4O. The van der Waals surface area contributed by atoms with Crippen molar-refractivity contribution in [1.82, 2.24) is 10.6 Å². The van der Waals surface area contributed by atoms with Crippen molar-refractivity contribution in [3.05, 3.63) is 29.8 Å². The predicted octanol–water partition coefficient (Wildman–Crippen LogP) is 1.57. The minimum absolute atomic E-state index is 0.135. The van der Waals surface area contributed by atoms with Crippen LogP contribution in [0, 0.1) is 12.3 Å². The van der Waals surface area contributed by atoms with E-state index in [1.165, 1.54) is 0 Å². The molecular weight excluding hydrogens is 264 g/mol. The van der Waals surface area contributed by atoms with Crippen molar-refractivity contribution >= 4 is 17.6 Å². The second-order valence-electron chi connectivity index (χ2n) is 4.65. The summed E-state index contributed by atoms with van der Waals surface area (Å²) in [5.74, 6) is 2.98. The fourth-order valence-electron chi connectivity index (χ4n) is 1.59. The molecule has 5 heteroatoms. The van der Waals surface area contributed by atoms with Crippen LogP contribution in [0.3, 0.4) is 0 Å². The zero-order chi connectivity index (χ0) is 15.7. The molecule has 21 heavy (non-hydrogen) atoms. The van der Waals surface area contributed by atoms with Crippen LogP contribution in [0.5, 0.6) is 0 Å². The van der Waals surface area contributed by atoms with E-state index < -0.39 is 0 Å². The SMILES string of the molecule is C#Cc1cccc(NC(=O)CNC(=NC)NC(C)CC)c1. The molecule has 0 bridgehead atoms. The van der Waals surface area contributed by atoms with Crippen LogP contribution in [0.1, 0.15) is 25.8 Å². The van der Waals surface area contributed by atoms with E-state index in [2.05, 4.69) is 40.7 Å². The van der Waals surface area contributed by atoms with Crippen LogP contribution >= 0.6 is 0 Å². The quantitative estimate of drug-likeness (QED) is 0.437. The van der Waals surface area contributed by atoms with Crippen LogP contribution in [0.15, 0.2) is 29.3 Å². The number of benzene rings is 1. The van der Waals surface area contributed by atoms with Gasteiger partial charge in [-0.05, 0) is 31.5 Å². The summed E-state index contributed by atoms with van der Waals surface area (Å²) in [5, 5.41) is 8.94. The topological polar surface area (TPSA) is 65.5 Å². The molecule has 0 spiro atoms. The number of nitrogens with zero attached hydrogens (tertiary/aromatic N) is 1. The van der Waals surface area contributed by atoms with Gasteiger partial charge in [0, 0.05) is 24.3 Å². The van der Waals surface area contributed by atoms with Gasteiger partial charge in [0.05, 0.1) is 6.54 Å². The molecule has 1 amide bonds. The average Bonchev–Trinajstić information content (AvgIpc) is 2.51. The predicted molar refractivity (Wildman–Crippen MR) is 87.3 cm³/mol. The number of amides is 1. The van der Waals surface area contributed by atoms with Gasteiger partial charge in [0.1, 0.15) is 0 Å². The molecule has 0 radical (unpaired) electrons. The monoisotopic (exact) mass is 286 g/mol. The molecule has 0 heterocycles. The van der Waals surface area contributed by atoms with E-state index in [4.69, 9.17) is 6.42 Å². The first-order valence-electron chi connectivity index (χ1n) is 6.92. The molecule has 0 saturated carbocycles. The number of carbonyl (C=O) groups excluding carboxylic acids is 1. The second-order valence-corrected chi connectivity index (χ2v) is 4.65. The number of nitrogens with one attached hydrogen (secondary N) is 3. The lowest BCUT2D eigenvalue weighted by Gasteiger charge is -2.16. The highest BCUT2D eigenvalue weighted by atomic mass is 16.1. The van der Waals surface area contributed by atoms with Gasteiger partial charge in [-0.2, -0.15) is 0 Å². The lowest BCUT2D eigenvalue weighted by molar-refractivity contribution is -0.115. The third-order valence-corrected chi connectivity index (χ3v) is 2.95. The van der Waals surface area contributed by atoms with Gasteiger partial charge in [0.2, 0.25) is 5.91 Å². The van der Waals surface area contributed by atoms with Gasteiger partial charge >= 0.3 is 0 Å². The molecule has 1 atom stereocenters. The molecule has 112 valence electrons. The Morgan fingerprint density at radius 2 is 2.24 bits per heavy atom. The van der Waals surface area contributed by atoms with E-state index in [-0.39, 0.29) is 12.5 Å². The van der Waals surface area contributed by atoms with E-state index in [9.17, 15) is 4.79 Å². The normalized spacial score (nSPS) is 12.2. The second kappa shape index (κ2) is 8.64. The first-order valence-corrected chi connectivity index (χ1v) is 6.92. The number of carbonyl (C=O) groups is 1. The van der Waals surface area contributed by atoms with E-state index in [0.717, 1.165) is 12.0 Å². The van der Waals surface area contributed by atoms with Crippen LogP contribution in [-0.2, 0) is 4.79 Å². The highest BCUT2D eigenvalue weighted by molar-refractivity contribution is 5.95. The highest BCUT2D eigenvalue weighted by Crippen LogP contribution is 2.09. The van der Waals surface area contributed by atoms with Gasteiger partial charge in [-0.1, -0.05) is 18.9 Å². The van der Waals surface area contributed by atoms with Crippen molar-refractivity contribution in [2.45, 2.75) is 26.3 Å². The highest BCUT2D eigenvalue weighted by Gasteiger charge is 2.06. The maximum absolute atomic E-state index is 11.9. The van der Waals surface area contributed by atoms with Crippen LogP contribution in [-0.4, -0.2) is 31.5 Å². The van der Waals surface area contributed by atoms with Crippen LogP contribution < -0.4 is 16.0 Å². The van der Waals surface area contributed by atoms with Crippen molar-refractivity contribution in [2.75, 3.05) is 18.9 Å². The molecule has 1 aromatic carbocycles. The van der Waals surface area contributed by atoms with Gasteiger partial charge in [-0.3, -0.25) is 9.79 Å². The molecule has 5 nitrogen and oxygen atoms in total. The number of anilines is 1. The van der Waals surface area contributed by atoms with Crippen molar-refractivity contribution in [3.8, 4) is 12.3 Å². The molecule has 0 aromatic heterocycles. The molecule has 0 aliphatic rings. The third-order valence-electron chi connectivity index (χ3n) is 2.95. The summed E-state index contributed by atoms with van der Waals surface area (Å²) in [6.07, 6.45) is 6.30. The Kier molecular flexibility index (Phi) is 6.82. The summed E-state index contributed by atoms with van der Waals surface area (Å²) in [6, 6.07) is 7.47. The van der Waals surface area contributed by atoms with E-state index in [1.54, 1.807) is 19.2 Å². The first-order chi connectivity index (χ1) is 10.1. The van der Waals surface area contributed by atoms with Crippen molar-refractivity contribution in [2.24, 2.45) is 4.99 Å². The molecule has 1 aromatic rings. The average molecular weight is 286 g/mol. The van der Waals surface area contributed by atoms with E-state index >= 15 is 0 Å². The molecule has 3 N–H and O–H groups in total. The maximum Gasteiger partial charge on any atom is 0.243 e.